The van der Waals surface area contributed by atoms with E-state index in [0.29, 0.717) is 10.6 Å². The quantitative estimate of drug-likeness (QED) is 0.264. The number of nitrogens with one attached hydrogen (secondary N) is 1. The summed E-state index contributed by atoms with van der Waals surface area (Å²) in [4.78, 5) is 39.2. The molecule has 9 nitrogen and oxygen atoms in total. The molecule has 2 aromatic rings. The van der Waals surface area contributed by atoms with E-state index in [4.69, 9.17) is 9.47 Å². The van der Waals surface area contributed by atoms with Crippen LogP contribution in [0.15, 0.2) is 64.3 Å². The predicted octanol–water partition coefficient (Wildman–Crippen LogP) is 3.27. The maximum Gasteiger partial charge on any atom is 0.350 e. The van der Waals surface area contributed by atoms with E-state index < -0.39 is 22.6 Å². The van der Waals surface area contributed by atoms with E-state index >= 15 is 0 Å². The molecule has 0 atom stereocenters. The van der Waals surface area contributed by atoms with E-state index in [9.17, 15) is 19.7 Å². The molecular weight excluding hydrogens is 386 g/mol. The van der Waals surface area contributed by atoms with Crippen LogP contribution in [0.1, 0.15) is 13.8 Å². The third-order valence-electron chi connectivity index (χ3n) is 3.50. The number of ether oxygens (including phenoxy) is 2. The van der Waals surface area contributed by atoms with Gasteiger partial charge in [0, 0.05) is 42.9 Å². The first kappa shape index (κ1) is 19.4. The normalized spacial score (nSPS) is 15.4. The molecule has 1 aromatic heterocycles. The highest BCUT2D eigenvalue weighted by atomic mass is 32.2. The smallest absolute Gasteiger partial charge is 0.350 e. The standard InChI is InChI=1S/C18H15N3O6S/c1-18(2)26-16(22)13(17(23)27-18)10-20-11-5-3-6-12(9-11)28-15-14(21(24)25)7-4-8-19-15/h3-10,20H,1-2H3. The van der Waals surface area contributed by atoms with Crippen LogP contribution in [0.25, 0.3) is 0 Å². The minimum atomic E-state index is -1.31. The summed E-state index contributed by atoms with van der Waals surface area (Å²) in [6, 6.07) is 9.76. The van der Waals surface area contributed by atoms with Crippen molar-refractivity contribution in [2.45, 2.75) is 29.6 Å². The van der Waals surface area contributed by atoms with Crippen molar-refractivity contribution in [3.63, 3.8) is 0 Å². The number of carbonyl (C=O) groups excluding carboxylic acids is 2. The van der Waals surface area contributed by atoms with Crippen molar-refractivity contribution in [3.05, 3.63) is 64.5 Å². The van der Waals surface area contributed by atoms with Gasteiger partial charge in [-0.25, -0.2) is 14.6 Å². The van der Waals surface area contributed by atoms with Gasteiger partial charge in [-0.2, -0.15) is 0 Å². The first-order chi connectivity index (χ1) is 13.2. The van der Waals surface area contributed by atoms with Crippen LogP contribution < -0.4 is 5.32 Å². The Morgan fingerprint density at radius 3 is 2.57 bits per heavy atom. The lowest BCUT2D eigenvalue weighted by Crippen LogP contribution is -2.42. The number of nitrogens with zero attached hydrogens (tertiary/aromatic N) is 2. The number of esters is 2. The van der Waals surface area contributed by atoms with Gasteiger partial charge in [-0.1, -0.05) is 17.8 Å². The fourth-order valence-electron chi connectivity index (χ4n) is 2.29. The van der Waals surface area contributed by atoms with Gasteiger partial charge in [0.15, 0.2) is 10.6 Å². The van der Waals surface area contributed by atoms with Crippen LogP contribution in [0.2, 0.25) is 0 Å². The Morgan fingerprint density at radius 2 is 1.89 bits per heavy atom. The third kappa shape index (κ3) is 4.46. The molecule has 28 heavy (non-hydrogen) atoms. The van der Waals surface area contributed by atoms with Gasteiger partial charge in [0.2, 0.25) is 0 Å². The Hall–Kier alpha value is -3.40. The van der Waals surface area contributed by atoms with Crippen molar-refractivity contribution >= 4 is 35.1 Å². The zero-order valence-electron chi connectivity index (χ0n) is 14.9. The molecule has 0 saturated carbocycles. The van der Waals surface area contributed by atoms with E-state index in [1.54, 1.807) is 24.3 Å². The van der Waals surface area contributed by atoms with E-state index in [0.717, 1.165) is 11.8 Å². The molecule has 1 aromatic carbocycles. The first-order valence-corrected chi connectivity index (χ1v) is 8.87. The summed E-state index contributed by atoms with van der Waals surface area (Å²) < 4.78 is 10.0. The van der Waals surface area contributed by atoms with Gasteiger partial charge in [-0.15, -0.1) is 0 Å². The molecule has 0 unspecified atom stereocenters. The molecule has 0 radical (unpaired) electrons. The number of anilines is 1. The summed E-state index contributed by atoms with van der Waals surface area (Å²) >= 11 is 1.12. The number of hydrogen-bond donors (Lipinski definition) is 1. The molecule has 3 rings (SSSR count). The summed E-state index contributed by atoms with van der Waals surface area (Å²) in [6.07, 6.45) is 2.68. The Balaban J connectivity index is 1.77. The van der Waals surface area contributed by atoms with Gasteiger partial charge in [-0.05, 0) is 24.3 Å². The maximum atomic E-state index is 11.9. The van der Waals surface area contributed by atoms with Gasteiger partial charge in [0.05, 0.1) is 4.92 Å². The van der Waals surface area contributed by atoms with Crippen molar-refractivity contribution in [1.29, 1.82) is 0 Å². The van der Waals surface area contributed by atoms with Crippen LogP contribution in [-0.2, 0) is 19.1 Å². The van der Waals surface area contributed by atoms with Gasteiger partial charge in [0.1, 0.15) is 0 Å². The SMILES string of the molecule is CC1(C)OC(=O)C(=CNc2cccc(Sc3ncccc3[N+](=O)[O-])c2)C(=O)O1. The molecule has 1 saturated heterocycles. The lowest BCUT2D eigenvalue weighted by Gasteiger charge is -2.29. The minimum Gasteiger partial charge on any atom is -0.419 e. The molecule has 1 aliphatic rings. The molecule has 0 aliphatic carbocycles. The lowest BCUT2D eigenvalue weighted by atomic mass is 10.2. The second-order valence-corrected chi connectivity index (χ2v) is 7.16. The zero-order valence-corrected chi connectivity index (χ0v) is 15.7. The van der Waals surface area contributed by atoms with Gasteiger partial charge in [-0.3, -0.25) is 10.1 Å². The topological polar surface area (TPSA) is 121 Å². The highest BCUT2D eigenvalue weighted by molar-refractivity contribution is 7.99. The summed E-state index contributed by atoms with van der Waals surface area (Å²) in [5.41, 5.74) is 0.197. The van der Waals surface area contributed by atoms with Gasteiger partial charge >= 0.3 is 17.6 Å². The molecule has 1 N–H and O–H groups in total. The Morgan fingerprint density at radius 1 is 1.18 bits per heavy atom. The highest BCUT2D eigenvalue weighted by Crippen LogP contribution is 2.33. The molecular formula is C18H15N3O6S. The molecule has 144 valence electrons. The van der Waals surface area contributed by atoms with Crippen LogP contribution in [0.3, 0.4) is 0 Å². The Labute approximate surface area is 163 Å². The molecule has 0 spiro atoms. The van der Waals surface area contributed by atoms with Gasteiger partial charge in [0.25, 0.3) is 5.79 Å². The monoisotopic (exact) mass is 401 g/mol. The molecule has 2 heterocycles. The molecule has 0 bridgehead atoms. The zero-order chi connectivity index (χ0) is 20.3. The van der Waals surface area contributed by atoms with Crippen molar-refractivity contribution in [3.8, 4) is 0 Å². The summed E-state index contributed by atoms with van der Waals surface area (Å²) in [7, 11) is 0. The number of rotatable bonds is 5. The van der Waals surface area contributed by atoms with Crippen molar-refractivity contribution in [1.82, 2.24) is 4.98 Å². The fourth-order valence-corrected chi connectivity index (χ4v) is 3.21. The molecule has 10 heteroatoms. The largest absolute Gasteiger partial charge is 0.419 e. The van der Waals surface area contributed by atoms with Crippen molar-refractivity contribution < 1.29 is 24.0 Å². The fraction of sp³-hybridized carbons (Fsp3) is 0.167. The van der Waals surface area contributed by atoms with Crippen LogP contribution in [-0.4, -0.2) is 27.6 Å². The summed E-state index contributed by atoms with van der Waals surface area (Å²) in [5, 5.41) is 14.2. The minimum absolute atomic E-state index is 0.0942. The number of pyridine rings is 1. The maximum absolute atomic E-state index is 11.9. The summed E-state index contributed by atoms with van der Waals surface area (Å²) in [6.45, 7) is 2.93. The molecule has 1 aliphatic heterocycles. The highest BCUT2D eigenvalue weighted by Gasteiger charge is 2.38. The second-order valence-electron chi connectivity index (χ2n) is 6.10. The molecule has 1 fully saturated rings. The lowest BCUT2D eigenvalue weighted by molar-refractivity contribution is -0.388. The number of carbonyl (C=O) groups is 2. The van der Waals surface area contributed by atoms with E-state index in [2.05, 4.69) is 10.3 Å². The number of nitro groups is 1. The van der Waals surface area contributed by atoms with Crippen molar-refractivity contribution in [2.24, 2.45) is 0 Å². The Bertz CT molecular complexity index is 967. The van der Waals surface area contributed by atoms with Crippen LogP contribution in [0, 0.1) is 10.1 Å². The number of benzene rings is 1. The van der Waals surface area contributed by atoms with E-state index in [1.165, 1.54) is 38.4 Å². The Kier molecular flexibility index (Phi) is 5.32. The van der Waals surface area contributed by atoms with Gasteiger partial charge < -0.3 is 14.8 Å². The average Bonchev–Trinajstić information content (AvgIpc) is 2.60. The van der Waals surface area contributed by atoms with Crippen LogP contribution >= 0.6 is 11.8 Å². The van der Waals surface area contributed by atoms with E-state index in [-0.39, 0.29) is 16.3 Å². The van der Waals surface area contributed by atoms with E-state index in [1.807, 2.05) is 0 Å². The second kappa shape index (κ2) is 7.69. The van der Waals surface area contributed by atoms with Crippen molar-refractivity contribution in [2.75, 3.05) is 5.32 Å². The number of cyclic esters (lactones) is 2. The number of aromatic nitrogens is 1. The van der Waals surface area contributed by atoms with Crippen LogP contribution in [0.4, 0.5) is 11.4 Å². The number of hydrogen-bond acceptors (Lipinski definition) is 9. The predicted molar refractivity (Wildman–Crippen MR) is 99.4 cm³/mol. The molecule has 0 amide bonds. The summed E-state index contributed by atoms with van der Waals surface area (Å²) in [5.74, 6) is -2.88. The first-order valence-electron chi connectivity index (χ1n) is 8.06. The third-order valence-corrected chi connectivity index (χ3v) is 4.49. The van der Waals surface area contributed by atoms with Crippen LogP contribution in [0.5, 0.6) is 0 Å². The average molecular weight is 401 g/mol.